The molecule has 8 nitrogen and oxygen atoms in total. The Hall–Kier alpha value is -3.44. The Kier molecular flexibility index (Phi) is 5.26. The highest BCUT2D eigenvalue weighted by Crippen LogP contribution is 2.35. The summed E-state index contributed by atoms with van der Waals surface area (Å²) in [6, 6.07) is 7.47. The minimum Gasteiger partial charge on any atom is -0.479 e. The molecule has 182 valence electrons. The van der Waals surface area contributed by atoms with Crippen LogP contribution in [0.15, 0.2) is 42.7 Å². The first-order chi connectivity index (χ1) is 16.9. The molecule has 0 radical (unpaired) electrons. The van der Waals surface area contributed by atoms with Gasteiger partial charge in [0.05, 0.1) is 39.0 Å². The van der Waals surface area contributed by atoms with Gasteiger partial charge in [-0.15, -0.1) is 5.10 Å². The van der Waals surface area contributed by atoms with E-state index in [4.69, 9.17) is 9.47 Å². The number of hydrogen-bond acceptors (Lipinski definition) is 7. The zero-order valence-corrected chi connectivity index (χ0v) is 18.9. The molecule has 2 aliphatic rings. The number of alkyl halides is 2. The van der Waals surface area contributed by atoms with Crippen molar-refractivity contribution in [1.82, 2.24) is 24.5 Å². The van der Waals surface area contributed by atoms with Crippen molar-refractivity contribution in [3.63, 3.8) is 0 Å². The van der Waals surface area contributed by atoms with E-state index in [1.54, 1.807) is 35.5 Å². The quantitative estimate of drug-likeness (QED) is 0.464. The molecule has 0 aliphatic carbocycles. The fourth-order valence-corrected chi connectivity index (χ4v) is 4.78. The second-order valence-corrected chi connectivity index (χ2v) is 8.91. The lowest BCUT2D eigenvalue weighted by atomic mass is 9.98. The van der Waals surface area contributed by atoms with Crippen molar-refractivity contribution in [3.05, 3.63) is 48.5 Å². The van der Waals surface area contributed by atoms with E-state index < -0.39 is 17.8 Å². The fourth-order valence-electron chi connectivity index (χ4n) is 4.78. The zero-order chi connectivity index (χ0) is 24.2. The van der Waals surface area contributed by atoms with Crippen LogP contribution >= 0.6 is 0 Å². The summed E-state index contributed by atoms with van der Waals surface area (Å²) in [5, 5.41) is 7.87. The van der Waals surface area contributed by atoms with Gasteiger partial charge < -0.3 is 14.8 Å². The third kappa shape index (κ3) is 3.84. The number of ether oxygens (including phenoxy) is 2. The van der Waals surface area contributed by atoms with E-state index in [9.17, 15) is 13.2 Å². The van der Waals surface area contributed by atoms with Gasteiger partial charge in [-0.25, -0.2) is 17.7 Å². The lowest BCUT2D eigenvalue weighted by Gasteiger charge is -2.44. The molecule has 1 N–H and O–H groups in total. The number of nitrogens with zero attached hydrogens (tertiary/aromatic N) is 5. The monoisotopic (exact) mass is 484 g/mol. The van der Waals surface area contributed by atoms with Crippen LogP contribution in [-0.2, 0) is 4.74 Å². The van der Waals surface area contributed by atoms with Gasteiger partial charge in [0, 0.05) is 29.9 Å². The van der Waals surface area contributed by atoms with Gasteiger partial charge in [-0.05, 0) is 36.2 Å². The highest BCUT2D eigenvalue weighted by molar-refractivity contribution is 5.91. The highest BCUT2D eigenvalue weighted by atomic mass is 19.3. The van der Waals surface area contributed by atoms with E-state index in [2.05, 4.69) is 20.4 Å². The maximum absolute atomic E-state index is 14.9. The predicted molar refractivity (Wildman–Crippen MR) is 123 cm³/mol. The highest BCUT2D eigenvalue weighted by Gasteiger charge is 2.47. The summed E-state index contributed by atoms with van der Waals surface area (Å²) in [5.74, 6) is -3.17. The van der Waals surface area contributed by atoms with Crippen molar-refractivity contribution in [1.29, 1.82) is 0 Å². The van der Waals surface area contributed by atoms with Crippen LogP contribution in [0.4, 0.5) is 19.1 Å². The fraction of sp³-hybridized carbons (Fsp3) is 0.375. The summed E-state index contributed by atoms with van der Waals surface area (Å²) in [6.07, 6.45) is 3.46. The van der Waals surface area contributed by atoms with Crippen LogP contribution in [0.5, 0.6) is 5.88 Å². The number of benzene rings is 1. The van der Waals surface area contributed by atoms with Gasteiger partial charge in [0.25, 0.3) is 5.92 Å². The molecule has 11 heteroatoms. The van der Waals surface area contributed by atoms with E-state index in [1.165, 1.54) is 17.7 Å². The van der Waals surface area contributed by atoms with E-state index >= 15 is 0 Å². The number of aromatic nitrogens is 4. The first-order valence-electron chi connectivity index (χ1n) is 11.4. The van der Waals surface area contributed by atoms with Crippen molar-refractivity contribution in [2.24, 2.45) is 0 Å². The maximum atomic E-state index is 14.9. The molecule has 4 aromatic rings. The number of nitrogens with one attached hydrogen (secondary N) is 1. The minimum absolute atomic E-state index is 0.0375. The zero-order valence-electron chi connectivity index (χ0n) is 18.9. The number of methoxy groups -OCH3 is 1. The van der Waals surface area contributed by atoms with Crippen molar-refractivity contribution < 1.29 is 22.6 Å². The van der Waals surface area contributed by atoms with Crippen LogP contribution in [-0.4, -0.2) is 75.9 Å². The number of pyridine rings is 1. The van der Waals surface area contributed by atoms with Gasteiger partial charge in [0.1, 0.15) is 16.9 Å². The second-order valence-electron chi connectivity index (χ2n) is 8.91. The number of fused-ring (bicyclic) bond motifs is 2. The summed E-state index contributed by atoms with van der Waals surface area (Å²) >= 11 is 0. The Morgan fingerprint density at radius 1 is 1.23 bits per heavy atom. The summed E-state index contributed by atoms with van der Waals surface area (Å²) < 4.78 is 56.7. The van der Waals surface area contributed by atoms with Crippen molar-refractivity contribution in [2.75, 3.05) is 38.7 Å². The SMILES string of the molecule is COc1nc(NC2CCN(C3COC3)CC2(F)F)nn2ccc(-c3cc(F)c4ncccc4c3)c12. The van der Waals surface area contributed by atoms with E-state index in [1.807, 2.05) is 6.07 Å². The predicted octanol–water partition coefficient (Wildman–Crippen LogP) is 3.61. The molecule has 3 aromatic heterocycles. The molecule has 0 bridgehead atoms. The Bertz CT molecular complexity index is 1410. The first kappa shape index (κ1) is 22.1. The van der Waals surface area contributed by atoms with Gasteiger partial charge in [-0.2, -0.15) is 4.98 Å². The average Bonchev–Trinajstić information content (AvgIpc) is 3.23. The normalized spacial score (nSPS) is 20.7. The Labute approximate surface area is 198 Å². The Morgan fingerprint density at radius 2 is 2.09 bits per heavy atom. The summed E-state index contributed by atoms with van der Waals surface area (Å²) in [7, 11) is 1.45. The second kappa shape index (κ2) is 8.35. The van der Waals surface area contributed by atoms with E-state index in [-0.39, 0.29) is 36.4 Å². The molecule has 1 aromatic carbocycles. The van der Waals surface area contributed by atoms with Crippen LogP contribution in [0.3, 0.4) is 0 Å². The van der Waals surface area contributed by atoms with Gasteiger partial charge in [0.2, 0.25) is 11.8 Å². The third-order valence-electron chi connectivity index (χ3n) is 6.71. The van der Waals surface area contributed by atoms with Crippen molar-refractivity contribution in [3.8, 4) is 17.0 Å². The number of rotatable bonds is 5. The molecule has 2 fully saturated rings. The molecule has 5 heterocycles. The first-order valence-corrected chi connectivity index (χ1v) is 11.4. The van der Waals surface area contributed by atoms with Gasteiger partial charge in [-0.3, -0.25) is 9.88 Å². The van der Waals surface area contributed by atoms with E-state index in [0.29, 0.717) is 41.8 Å². The van der Waals surface area contributed by atoms with Gasteiger partial charge >= 0.3 is 0 Å². The lowest BCUT2D eigenvalue weighted by molar-refractivity contribution is -0.131. The minimum atomic E-state index is -2.96. The maximum Gasteiger partial charge on any atom is 0.280 e. The van der Waals surface area contributed by atoms with Crippen molar-refractivity contribution in [2.45, 2.75) is 24.4 Å². The topological polar surface area (TPSA) is 76.8 Å². The summed E-state index contributed by atoms with van der Waals surface area (Å²) in [6.45, 7) is 1.20. The largest absolute Gasteiger partial charge is 0.479 e. The summed E-state index contributed by atoms with van der Waals surface area (Å²) in [5.41, 5.74) is 2.05. The number of anilines is 1. The molecule has 6 rings (SSSR count). The lowest BCUT2D eigenvalue weighted by Crippen LogP contribution is -2.61. The Morgan fingerprint density at radius 3 is 2.83 bits per heavy atom. The van der Waals surface area contributed by atoms with Gasteiger partial charge in [0.15, 0.2) is 0 Å². The van der Waals surface area contributed by atoms with Crippen LogP contribution in [0, 0.1) is 5.82 Å². The van der Waals surface area contributed by atoms with Gasteiger partial charge in [-0.1, -0.05) is 6.07 Å². The molecule has 0 spiro atoms. The molecule has 0 saturated carbocycles. The number of halogens is 3. The molecule has 1 atom stereocenters. The van der Waals surface area contributed by atoms with Crippen LogP contribution in [0.1, 0.15) is 6.42 Å². The summed E-state index contributed by atoms with van der Waals surface area (Å²) in [4.78, 5) is 10.2. The van der Waals surface area contributed by atoms with E-state index in [0.717, 1.165) is 0 Å². The van der Waals surface area contributed by atoms with Crippen molar-refractivity contribution >= 4 is 22.4 Å². The number of hydrogen-bond donors (Lipinski definition) is 1. The molecule has 35 heavy (non-hydrogen) atoms. The van der Waals surface area contributed by atoms with Crippen LogP contribution in [0.25, 0.3) is 27.5 Å². The number of piperidine rings is 1. The average molecular weight is 484 g/mol. The molecular formula is C24H23F3N6O2. The molecule has 2 saturated heterocycles. The molecule has 0 amide bonds. The molecular weight excluding hydrogens is 461 g/mol. The molecule has 1 unspecified atom stereocenters. The third-order valence-corrected chi connectivity index (χ3v) is 6.71. The van der Waals surface area contributed by atoms with Crippen LogP contribution in [0.2, 0.25) is 0 Å². The number of likely N-dealkylation sites (tertiary alicyclic amines) is 1. The molecule has 2 aliphatic heterocycles. The Balaban J connectivity index is 1.32. The van der Waals surface area contributed by atoms with Crippen LogP contribution < -0.4 is 10.1 Å². The standard InChI is InChI=1S/C24H23F3N6O2/c1-34-22-21-17(15-9-14-3-2-6-28-20(14)18(25)10-15)4-8-33(21)31-23(30-22)29-19-5-7-32(13-24(19,26)27)16-11-35-12-16/h2-4,6,8-10,16,19H,5,7,11-13H2,1H3,(H,29,31). The smallest absolute Gasteiger partial charge is 0.280 e.